The summed E-state index contributed by atoms with van der Waals surface area (Å²) in [7, 11) is 1.96. The van der Waals surface area contributed by atoms with Crippen molar-refractivity contribution in [3.05, 3.63) is 30.5 Å². The van der Waals surface area contributed by atoms with Gasteiger partial charge in [0.2, 0.25) is 0 Å². The molecule has 72 valence electrons. The second-order valence-electron chi connectivity index (χ2n) is 2.92. The molecule has 0 aromatic carbocycles. The molecule has 2 rings (SSSR count). The largest absolute Gasteiger partial charge is 0.329 e. The van der Waals surface area contributed by atoms with Crippen molar-refractivity contribution in [1.82, 2.24) is 19.5 Å². The van der Waals surface area contributed by atoms with Crippen LogP contribution in [0.4, 0.5) is 0 Å². The zero-order valence-electron chi connectivity index (χ0n) is 8.01. The minimum absolute atomic E-state index is 0.923. The monoisotopic (exact) mass is 206 g/mol. The lowest BCUT2D eigenvalue weighted by atomic mass is 10.5. The molecule has 0 unspecified atom stereocenters. The van der Waals surface area contributed by atoms with Gasteiger partial charge in [-0.25, -0.2) is 15.0 Å². The van der Waals surface area contributed by atoms with Gasteiger partial charge in [0.25, 0.3) is 0 Å². The van der Waals surface area contributed by atoms with E-state index < -0.39 is 0 Å². The highest BCUT2D eigenvalue weighted by molar-refractivity contribution is 7.99. The lowest BCUT2D eigenvalue weighted by Crippen LogP contribution is -1.91. The first-order valence-electron chi connectivity index (χ1n) is 4.19. The standard InChI is InChI=1S/C9H10N4S/c1-7-5-8(12-6-11-7)14-9-10-3-4-13(9)2/h3-6H,1-2H3. The van der Waals surface area contributed by atoms with Gasteiger partial charge in [0.05, 0.1) is 0 Å². The van der Waals surface area contributed by atoms with Crippen LogP contribution in [0.3, 0.4) is 0 Å². The summed E-state index contributed by atoms with van der Waals surface area (Å²) in [6.07, 6.45) is 5.26. The summed E-state index contributed by atoms with van der Waals surface area (Å²) in [5.74, 6) is 0. The maximum Gasteiger partial charge on any atom is 0.174 e. The Kier molecular flexibility index (Phi) is 2.49. The fourth-order valence-corrected chi connectivity index (χ4v) is 1.86. The molecule has 0 saturated carbocycles. The van der Waals surface area contributed by atoms with Crippen molar-refractivity contribution in [3.8, 4) is 0 Å². The van der Waals surface area contributed by atoms with Crippen molar-refractivity contribution < 1.29 is 0 Å². The molecule has 0 bridgehead atoms. The summed E-state index contributed by atoms with van der Waals surface area (Å²) in [6.45, 7) is 1.95. The van der Waals surface area contributed by atoms with Crippen LogP contribution in [-0.2, 0) is 7.05 Å². The van der Waals surface area contributed by atoms with E-state index in [1.54, 1.807) is 12.5 Å². The first kappa shape index (κ1) is 9.21. The second kappa shape index (κ2) is 3.79. The summed E-state index contributed by atoms with van der Waals surface area (Å²) < 4.78 is 1.96. The van der Waals surface area contributed by atoms with E-state index in [1.165, 1.54) is 11.8 Å². The molecule has 0 aliphatic heterocycles. The van der Waals surface area contributed by atoms with E-state index >= 15 is 0 Å². The zero-order valence-corrected chi connectivity index (χ0v) is 8.82. The van der Waals surface area contributed by atoms with E-state index in [0.29, 0.717) is 0 Å². The van der Waals surface area contributed by atoms with Gasteiger partial charge < -0.3 is 4.57 Å². The van der Waals surface area contributed by atoms with Gasteiger partial charge in [0.15, 0.2) is 5.16 Å². The highest BCUT2D eigenvalue weighted by Gasteiger charge is 2.03. The summed E-state index contributed by atoms with van der Waals surface area (Å²) >= 11 is 1.54. The number of aromatic nitrogens is 4. The van der Waals surface area contributed by atoms with Crippen molar-refractivity contribution in [3.63, 3.8) is 0 Å². The first-order chi connectivity index (χ1) is 6.75. The van der Waals surface area contributed by atoms with Crippen LogP contribution in [0.1, 0.15) is 5.69 Å². The lowest BCUT2D eigenvalue weighted by molar-refractivity contribution is 0.788. The smallest absolute Gasteiger partial charge is 0.174 e. The van der Waals surface area contributed by atoms with Crippen molar-refractivity contribution in [2.75, 3.05) is 0 Å². The van der Waals surface area contributed by atoms with Crippen molar-refractivity contribution >= 4 is 11.8 Å². The molecule has 0 radical (unpaired) electrons. The quantitative estimate of drug-likeness (QED) is 0.701. The number of hydrogen-bond donors (Lipinski definition) is 0. The molecule has 0 spiro atoms. The molecule has 0 fully saturated rings. The molecule has 2 aromatic heterocycles. The van der Waals surface area contributed by atoms with Gasteiger partial charge in [0.1, 0.15) is 11.4 Å². The Morgan fingerprint density at radius 3 is 2.79 bits per heavy atom. The van der Waals surface area contributed by atoms with Crippen LogP contribution in [0.5, 0.6) is 0 Å². The SMILES string of the molecule is Cc1cc(Sc2nccn2C)ncn1. The van der Waals surface area contributed by atoms with E-state index in [1.807, 2.05) is 30.8 Å². The number of aryl methyl sites for hydroxylation is 2. The van der Waals surface area contributed by atoms with Gasteiger partial charge in [-0.3, -0.25) is 0 Å². The molecule has 0 saturated heterocycles. The van der Waals surface area contributed by atoms with Crippen molar-refractivity contribution in [2.24, 2.45) is 7.05 Å². The maximum atomic E-state index is 4.21. The summed E-state index contributed by atoms with van der Waals surface area (Å²) in [5, 5.41) is 1.86. The Morgan fingerprint density at radius 1 is 1.29 bits per heavy atom. The summed E-state index contributed by atoms with van der Waals surface area (Å²) in [6, 6.07) is 1.94. The van der Waals surface area contributed by atoms with Crippen LogP contribution in [0, 0.1) is 6.92 Å². The predicted octanol–water partition coefficient (Wildman–Crippen LogP) is 1.67. The predicted molar refractivity (Wildman–Crippen MR) is 54.1 cm³/mol. The third-order valence-corrected chi connectivity index (χ3v) is 2.76. The average molecular weight is 206 g/mol. The van der Waals surface area contributed by atoms with Gasteiger partial charge >= 0.3 is 0 Å². The lowest BCUT2D eigenvalue weighted by Gasteiger charge is -2.00. The van der Waals surface area contributed by atoms with Gasteiger partial charge in [-0.2, -0.15) is 0 Å². The molecule has 5 heteroatoms. The topological polar surface area (TPSA) is 43.6 Å². The molecule has 0 aliphatic carbocycles. The van der Waals surface area contributed by atoms with Crippen LogP contribution < -0.4 is 0 Å². The zero-order chi connectivity index (χ0) is 9.97. The highest BCUT2D eigenvalue weighted by Crippen LogP contribution is 2.23. The van der Waals surface area contributed by atoms with Crippen LogP contribution >= 0.6 is 11.8 Å². The Hall–Kier alpha value is -1.36. The summed E-state index contributed by atoms with van der Waals surface area (Å²) in [5.41, 5.74) is 0.969. The van der Waals surface area contributed by atoms with Gasteiger partial charge in [-0.1, -0.05) is 0 Å². The van der Waals surface area contributed by atoms with Crippen molar-refractivity contribution in [1.29, 1.82) is 0 Å². The fourth-order valence-electron chi connectivity index (χ4n) is 1.03. The molecular weight excluding hydrogens is 196 g/mol. The number of rotatable bonds is 2. The van der Waals surface area contributed by atoms with E-state index in [-0.39, 0.29) is 0 Å². The van der Waals surface area contributed by atoms with Crippen LogP contribution in [0.15, 0.2) is 35.0 Å². The molecule has 14 heavy (non-hydrogen) atoms. The van der Waals surface area contributed by atoms with Crippen LogP contribution in [0.2, 0.25) is 0 Å². The van der Waals surface area contributed by atoms with E-state index in [4.69, 9.17) is 0 Å². The van der Waals surface area contributed by atoms with Gasteiger partial charge in [0, 0.05) is 25.1 Å². The fraction of sp³-hybridized carbons (Fsp3) is 0.222. The third-order valence-electron chi connectivity index (χ3n) is 1.75. The molecule has 0 N–H and O–H groups in total. The van der Waals surface area contributed by atoms with Gasteiger partial charge in [-0.15, -0.1) is 0 Å². The minimum Gasteiger partial charge on any atom is -0.329 e. The molecule has 0 amide bonds. The number of hydrogen-bond acceptors (Lipinski definition) is 4. The average Bonchev–Trinajstić information content (AvgIpc) is 2.52. The third kappa shape index (κ3) is 1.93. The highest BCUT2D eigenvalue weighted by atomic mass is 32.2. The van der Waals surface area contributed by atoms with E-state index in [2.05, 4.69) is 15.0 Å². The first-order valence-corrected chi connectivity index (χ1v) is 5.01. The van der Waals surface area contributed by atoms with Crippen molar-refractivity contribution in [2.45, 2.75) is 17.1 Å². The Bertz CT molecular complexity index is 438. The van der Waals surface area contributed by atoms with E-state index in [0.717, 1.165) is 15.9 Å². The Balaban J connectivity index is 2.23. The summed E-state index contributed by atoms with van der Waals surface area (Å²) in [4.78, 5) is 12.4. The van der Waals surface area contributed by atoms with Crippen LogP contribution in [-0.4, -0.2) is 19.5 Å². The molecule has 2 aromatic rings. The maximum absolute atomic E-state index is 4.21. The Morgan fingerprint density at radius 2 is 2.14 bits per heavy atom. The normalized spacial score (nSPS) is 10.4. The number of nitrogens with zero attached hydrogens (tertiary/aromatic N) is 4. The molecular formula is C9H10N4S. The minimum atomic E-state index is 0.923. The molecule has 0 aliphatic rings. The molecule has 2 heterocycles. The van der Waals surface area contributed by atoms with Gasteiger partial charge in [-0.05, 0) is 24.8 Å². The molecule has 0 atom stereocenters. The van der Waals surface area contributed by atoms with E-state index in [9.17, 15) is 0 Å². The second-order valence-corrected chi connectivity index (χ2v) is 3.91. The Labute approximate surface area is 86.4 Å². The van der Waals surface area contributed by atoms with Crippen LogP contribution in [0.25, 0.3) is 0 Å². The number of imidazole rings is 1. The molecule has 4 nitrogen and oxygen atoms in total.